The highest BCUT2D eigenvalue weighted by atomic mass is 16.5. The molecule has 0 unspecified atom stereocenters. The molecule has 0 amide bonds. The fourth-order valence-corrected chi connectivity index (χ4v) is 1.32. The molecule has 16 heavy (non-hydrogen) atoms. The number of aryl methyl sites for hydroxylation is 2. The highest BCUT2D eigenvalue weighted by Crippen LogP contribution is 1.97. The molecule has 0 aromatic carbocycles. The maximum atomic E-state index is 4.86. The molecule has 0 aliphatic rings. The third-order valence-electron chi connectivity index (χ3n) is 1.99. The summed E-state index contributed by atoms with van der Waals surface area (Å²) in [7, 11) is 0. The minimum absolute atomic E-state index is 0.570. The van der Waals surface area contributed by atoms with Crippen LogP contribution >= 0.6 is 0 Å². The van der Waals surface area contributed by atoms with Crippen LogP contribution in [0.25, 0.3) is 0 Å². The second-order valence-corrected chi connectivity index (χ2v) is 3.43. The van der Waals surface area contributed by atoms with Gasteiger partial charge in [-0.2, -0.15) is 4.98 Å². The molecular weight excluding hydrogens is 206 g/mol. The van der Waals surface area contributed by atoms with Crippen LogP contribution in [-0.2, 0) is 13.1 Å². The molecule has 2 aromatic rings. The molecule has 0 aliphatic carbocycles. The van der Waals surface area contributed by atoms with Crippen molar-refractivity contribution in [2.75, 3.05) is 0 Å². The van der Waals surface area contributed by atoms with Crippen LogP contribution < -0.4 is 5.32 Å². The fourth-order valence-electron chi connectivity index (χ4n) is 1.32. The average Bonchev–Trinajstić information content (AvgIpc) is 2.64. The van der Waals surface area contributed by atoms with E-state index in [-0.39, 0.29) is 0 Å². The molecule has 0 atom stereocenters. The van der Waals surface area contributed by atoms with Gasteiger partial charge in [0.1, 0.15) is 5.82 Å². The molecule has 0 aliphatic heterocycles. The van der Waals surface area contributed by atoms with Crippen molar-refractivity contribution in [3.8, 4) is 0 Å². The summed E-state index contributed by atoms with van der Waals surface area (Å²) in [6, 6.07) is 1.88. The van der Waals surface area contributed by atoms with Gasteiger partial charge in [0, 0.05) is 19.7 Å². The van der Waals surface area contributed by atoms with E-state index in [1.807, 2.05) is 13.0 Å². The third-order valence-corrected chi connectivity index (χ3v) is 1.99. The van der Waals surface area contributed by atoms with Crippen molar-refractivity contribution >= 4 is 0 Å². The lowest BCUT2D eigenvalue weighted by Gasteiger charge is -2.01. The molecule has 0 saturated heterocycles. The number of nitrogens with zero attached hydrogens (tertiary/aromatic N) is 4. The molecule has 2 aromatic heterocycles. The van der Waals surface area contributed by atoms with Crippen LogP contribution in [0.1, 0.15) is 23.2 Å². The smallest absolute Gasteiger partial charge is 0.223 e. The molecule has 0 radical (unpaired) electrons. The summed E-state index contributed by atoms with van der Waals surface area (Å²) in [5.41, 5.74) is 0.952. The Morgan fingerprint density at radius 1 is 1.25 bits per heavy atom. The lowest BCUT2D eigenvalue weighted by Crippen LogP contribution is -2.15. The van der Waals surface area contributed by atoms with E-state index in [1.165, 1.54) is 0 Å². The van der Waals surface area contributed by atoms with Crippen molar-refractivity contribution in [1.82, 2.24) is 25.4 Å². The number of nitrogens with one attached hydrogen (secondary N) is 1. The van der Waals surface area contributed by atoms with Crippen molar-refractivity contribution in [3.05, 3.63) is 35.5 Å². The Bertz CT molecular complexity index is 468. The van der Waals surface area contributed by atoms with Crippen molar-refractivity contribution in [1.29, 1.82) is 0 Å². The molecule has 6 heteroatoms. The zero-order valence-corrected chi connectivity index (χ0v) is 9.27. The molecule has 2 heterocycles. The molecule has 0 saturated carbocycles. The summed E-state index contributed by atoms with van der Waals surface area (Å²) in [6.07, 6.45) is 1.75. The SMILES string of the molecule is Cc1nccc(CNCc2noc(C)n2)n1. The van der Waals surface area contributed by atoms with Gasteiger partial charge in [-0.3, -0.25) is 0 Å². The second kappa shape index (κ2) is 4.80. The zero-order chi connectivity index (χ0) is 11.4. The number of aromatic nitrogens is 4. The summed E-state index contributed by atoms with van der Waals surface area (Å²) < 4.78 is 4.86. The van der Waals surface area contributed by atoms with Crippen LogP contribution in [-0.4, -0.2) is 20.1 Å². The molecule has 0 fully saturated rings. The highest BCUT2D eigenvalue weighted by Gasteiger charge is 2.01. The molecule has 84 valence electrons. The van der Waals surface area contributed by atoms with Gasteiger partial charge in [-0.1, -0.05) is 5.16 Å². The topological polar surface area (TPSA) is 76.7 Å². The largest absolute Gasteiger partial charge is 0.340 e. The minimum atomic E-state index is 0.570. The maximum absolute atomic E-state index is 4.86. The van der Waals surface area contributed by atoms with Gasteiger partial charge in [0.2, 0.25) is 5.89 Å². The van der Waals surface area contributed by atoms with E-state index in [2.05, 4.69) is 25.4 Å². The third kappa shape index (κ3) is 2.83. The van der Waals surface area contributed by atoms with Crippen LogP contribution in [0.15, 0.2) is 16.8 Å². The Morgan fingerprint density at radius 2 is 2.12 bits per heavy atom. The lowest BCUT2D eigenvalue weighted by atomic mass is 10.4. The van der Waals surface area contributed by atoms with Crippen LogP contribution in [0, 0.1) is 13.8 Å². The maximum Gasteiger partial charge on any atom is 0.223 e. The second-order valence-electron chi connectivity index (χ2n) is 3.43. The standard InChI is InChI=1S/C10H13N5O/c1-7-12-4-3-9(13-7)5-11-6-10-14-8(2)16-15-10/h3-4,11H,5-6H2,1-2H3. The van der Waals surface area contributed by atoms with Crippen LogP contribution in [0.2, 0.25) is 0 Å². The predicted molar refractivity (Wildman–Crippen MR) is 56.3 cm³/mol. The monoisotopic (exact) mass is 219 g/mol. The van der Waals surface area contributed by atoms with Crippen molar-refractivity contribution < 1.29 is 4.52 Å². The Balaban J connectivity index is 1.84. The van der Waals surface area contributed by atoms with Gasteiger partial charge in [-0.05, 0) is 13.0 Å². The van der Waals surface area contributed by atoms with Gasteiger partial charge < -0.3 is 9.84 Å². The highest BCUT2D eigenvalue weighted by molar-refractivity contribution is 5.01. The van der Waals surface area contributed by atoms with E-state index < -0.39 is 0 Å². The molecule has 1 N–H and O–H groups in total. The Hall–Kier alpha value is -1.82. The number of rotatable bonds is 4. The zero-order valence-electron chi connectivity index (χ0n) is 9.27. The number of hydrogen-bond donors (Lipinski definition) is 1. The molecule has 2 rings (SSSR count). The van der Waals surface area contributed by atoms with E-state index in [1.54, 1.807) is 13.1 Å². The molecule has 0 spiro atoms. The summed E-state index contributed by atoms with van der Waals surface area (Å²) in [5.74, 6) is 2.01. The summed E-state index contributed by atoms with van der Waals surface area (Å²) >= 11 is 0. The first-order valence-corrected chi connectivity index (χ1v) is 5.02. The van der Waals surface area contributed by atoms with Gasteiger partial charge >= 0.3 is 0 Å². The van der Waals surface area contributed by atoms with E-state index in [9.17, 15) is 0 Å². The Labute approximate surface area is 93.1 Å². The average molecular weight is 219 g/mol. The molecular formula is C10H13N5O. The molecule has 0 bridgehead atoms. The molecule has 6 nitrogen and oxygen atoms in total. The number of hydrogen-bond acceptors (Lipinski definition) is 6. The van der Waals surface area contributed by atoms with Crippen molar-refractivity contribution in [2.24, 2.45) is 0 Å². The first kappa shape index (κ1) is 10.7. The quantitative estimate of drug-likeness (QED) is 0.818. The summed E-state index contributed by atoms with van der Waals surface area (Å²) in [5, 5.41) is 6.97. The first-order valence-electron chi connectivity index (χ1n) is 5.02. The van der Waals surface area contributed by atoms with E-state index >= 15 is 0 Å². The lowest BCUT2D eigenvalue weighted by molar-refractivity contribution is 0.385. The Kier molecular flexibility index (Phi) is 3.21. The van der Waals surface area contributed by atoms with E-state index in [4.69, 9.17) is 4.52 Å². The normalized spacial score (nSPS) is 10.6. The van der Waals surface area contributed by atoms with Crippen LogP contribution in [0.3, 0.4) is 0 Å². The van der Waals surface area contributed by atoms with Crippen LogP contribution in [0.5, 0.6) is 0 Å². The van der Waals surface area contributed by atoms with Gasteiger partial charge in [0.05, 0.1) is 12.2 Å². The minimum Gasteiger partial charge on any atom is -0.340 e. The summed E-state index contributed by atoms with van der Waals surface area (Å²) in [4.78, 5) is 12.4. The van der Waals surface area contributed by atoms with Crippen LogP contribution in [0.4, 0.5) is 0 Å². The summed E-state index contributed by atoms with van der Waals surface area (Å²) in [6.45, 7) is 4.87. The first-order chi connectivity index (χ1) is 7.74. The van der Waals surface area contributed by atoms with Crippen molar-refractivity contribution in [2.45, 2.75) is 26.9 Å². The van der Waals surface area contributed by atoms with Gasteiger partial charge in [0.25, 0.3) is 0 Å². The van der Waals surface area contributed by atoms with Crippen molar-refractivity contribution in [3.63, 3.8) is 0 Å². The van der Waals surface area contributed by atoms with E-state index in [0.717, 1.165) is 11.5 Å². The van der Waals surface area contributed by atoms with Gasteiger partial charge in [-0.25, -0.2) is 9.97 Å². The fraction of sp³-hybridized carbons (Fsp3) is 0.400. The van der Waals surface area contributed by atoms with E-state index in [0.29, 0.717) is 24.8 Å². The van der Waals surface area contributed by atoms with Gasteiger partial charge in [0.15, 0.2) is 5.82 Å². The predicted octanol–water partition coefficient (Wildman–Crippen LogP) is 0.766. The van der Waals surface area contributed by atoms with Gasteiger partial charge in [-0.15, -0.1) is 0 Å². The Morgan fingerprint density at radius 3 is 2.81 bits per heavy atom.